The van der Waals surface area contributed by atoms with E-state index in [0.29, 0.717) is 34.5 Å². The minimum Gasteiger partial charge on any atom is -0.373 e. The van der Waals surface area contributed by atoms with Crippen LogP contribution in [0.1, 0.15) is 42.7 Å². The number of likely N-dealkylation sites (tertiary alicyclic amines) is 1. The van der Waals surface area contributed by atoms with Gasteiger partial charge < -0.3 is 9.64 Å². The summed E-state index contributed by atoms with van der Waals surface area (Å²) in [5.41, 5.74) is 2.05. The summed E-state index contributed by atoms with van der Waals surface area (Å²) in [4.78, 5) is 17.7. The predicted molar refractivity (Wildman–Crippen MR) is 118 cm³/mol. The predicted octanol–water partition coefficient (Wildman–Crippen LogP) is 3.80. The first-order valence-corrected chi connectivity index (χ1v) is 11.3. The number of carbonyl (C=O) groups excluding carboxylic acids is 1. The summed E-state index contributed by atoms with van der Waals surface area (Å²) in [6, 6.07) is 9.69. The van der Waals surface area contributed by atoms with Crippen molar-refractivity contribution in [3.63, 3.8) is 0 Å². The quantitative estimate of drug-likeness (QED) is 0.740. The van der Waals surface area contributed by atoms with Crippen LogP contribution in [0.4, 0.5) is 0 Å². The normalized spacial score (nSPS) is 23.7. The number of hydrogen-bond acceptors (Lipinski definition) is 4. The molecule has 0 saturated carbocycles. The average Bonchev–Trinajstić information content (AvgIpc) is 3.02. The Balaban J connectivity index is 1.38. The van der Waals surface area contributed by atoms with Gasteiger partial charge in [-0.1, -0.05) is 29.8 Å². The third-order valence-corrected chi connectivity index (χ3v) is 6.48. The lowest BCUT2D eigenvalue weighted by Gasteiger charge is -2.39. The van der Waals surface area contributed by atoms with Crippen molar-refractivity contribution >= 4 is 17.5 Å². The van der Waals surface area contributed by atoms with Crippen molar-refractivity contribution in [1.29, 1.82) is 0 Å². The summed E-state index contributed by atoms with van der Waals surface area (Å²) in [5.74, 6) is 0.613. The molecule has 7 heteroatoms. The minimum atomic E-state index is -0.00764. The van der Waals surface area contributed by atoms with E-state index >= 15 is 0 Å². The molecule has 162 valence electrons. The molecule has 4 rings (SSSR count). The van der Waals surface area contributed by atoms with Crippen LogP contribution < -0.4 is 0 Å². The van der Waals surface area contributed by atoms with Crippen molar-refractivity contribution < 1.29 is 9.53 Å². The highest BCUT2D eigenvalue weighted by molar-refractivity contribution is 6.33. The molecule has 2 aliphatic rings. The number of hydrogen-bond donors (Lipinski definition) is 0. The standard InChI is InChI=1S/C23H31ClN4O2/c1-16-13-26(14-17(2)30-16)15-19-9-11-27(12-10-19)23(29)21-18(3)25-28(22(21)24)20-7-5-4-6-8-20/h4-8,16-17,19H,9-15H2,1-3H3. The van der Waals surface area contributed by atoms with Crippen LogP contribution in [-0.2, 0) is 4.74 Å². The molecule has 0 radical (unpaired) electrons. The van der Waals surface area contributed by atoms with E-state index in [2.05, 4.69) is 23.8 Å². The van der Waals surface area contributed by atoms with E-state index in [4.69, 9.17) is 16.3 Å². The summed E-state index contributed by atoms with van der Waals surface area (Å²) in [6.45, 7) is 10.8. The summed E-state index contributed by atoms with van der Waals surface area (Å²) < 4.78 is 7.49. The molecule has 3 heterocycles. The van der Waals surface area contributed by atoms with Crippen molar-refractivity contribution in [2.24, 2.45) is 5.92 Å². The maximum atomic E-state index is 13.2. The summed E-state index contributed by atoms with van der Waals surface area (Å²) >= 11 is 6.60. The highest BCUT2D eigenvalue weighted by Gasteiger charge is 2.30. The molecule has 2 saturated heterocycles. The first-order chi connectivity index (χ1) is 14.4. The lowest BCUT2D eigenvalue weighted by Crippen LogP contribution is -2.48. The number of nitrogens with zero attached hydrogens (tertiary/aromatic N) is 4. The molecule has 2 unspecified atom stereocenters. The van der Waals surface area contributed by atoms with Gasteiger partial charge in [-0.15, -0.1) is 0 Å². The second-order valence-electron chi connectivity index (χ2n) is 8.71. The minimum absolute atomic E-state index is 0.00764. The van der Waals surface area contributed by atoms with E-state index in [1.807, 2.05) is 42.2 Å². The third kappa shape index (κ3) is 4.56. The van der Waals surface area contributed by atoms with Crippen molar-refractivity contribution in [3.05, 3.63) is 46.7 Å². The number of rotatable bonds is 4. The molecule has 2 fully saturated rings. The van der Waals surface area contributed by atoms with Gasteiger partial charge in [-0.25, -0.2) is 4.68 Å². The van der Waals surface area contributed by atoms with E-state index < -0.39 is 0 Å². The van der Waals surface area contributed by atoms with Gasteiger partial charge in [0, 0.05) is 32.7 Å². The van der Waals surface area contributed by atoms with Crippen LogP contribution in [0.25, 0.3) is 5.69 Å². The topological polar surface area (TPSA) is 50.6 Å². The van der Waals surface area contributed by atoms with Crippen LogP contribution in [0.2, 0.25) is 5.15 Å². The van der Waals surface area contributed by atoms with Crippen LogP contribution in [0, 0.1) is 12.8 Å². The van der Waals surface area contributed by atoms with Gasteiger partial charge in [0.1, 0.15) is 5.15 Å². The highest BCUT2D eigenvalue weighted by Crippen LogP contribution is 2.27. The highest BCUT2D eigenvalue weighted by atomic mass is 35.5. The molecule has 2 atom stereocenters. The van der Waals surface area contributed by atoms with Crippen LogP contribution >= 0.6 is 11.6 Å². The molecule has 6 nitrogen and oxygen atoms in total. The average molecular weight is 431 g/mol. The van der Waals surface area contributed by atoms with Gasteiger partial charge in [0.15, 0.2) is 0 Å². The smallest absolute Gasteiger partial charge is 0.258 e. The molecular weight excluding hydrogens is 400 g/mol. The number of benzene rings is 1. The van der Waals surface area contributed by atoms with Gasteiger partial charge in [-0.2, -0.15) is 5.10 Å². The van der Waals surface area contributed by atoms with E-state index in [9.17, 15) is 4.79 Å². The van der Waals surface area contributed by atoms with Crippen molar-refractivity contribution in [1.82, 2.24) is 19.6 Å². The molecule has 2 aromatic rings. The molecule has 1 aromatic heterocycles. The van der Waals surface area contributed by atoms with Gasteiger partial charge in [0.25, 0.3) is 5.91 Å². The molecule has 30 heavy (non-hydrogen) atoms. The second-order valence-corrected chi connectivity index (χ2v) is 9.07. The van der Waals surface area contributed by atoms with Crippen LogP contribution in [-0.4, -0.2) is 70.4 Å². The maximum Gasteiger partial charge on any atom is 0.258 e. The Bertz CT molecular complexity index is 867. The Morgan fingerprint density at radius 1 is 1.13 bits per heavy atom. The molecule has 1 aromatic carbocycles. The van der Waals surface area contributed by atoms with Gasteiger partial charge in [0.05, 0.1) is 29.2 Å². The van der Waals surface area contributed by atoms with E-state index in [1.54, 1.807) is 4.68 Å². The molecule has 0 spiro atoms. The fourth-order valence-electron chi connectivity index (χ4n) is 4.76. The summed E-state index contributed by atoms with van der Waals surface area (Å²) in [7, 11) is 0. The number of para-hydroxylation sites is 1. The number of aryl methyl sites for hydroxylation is 1. The molecule has 1 amide bonds. The van der Waals surface area contributed by atoms with E-state index in [1.165, 1.54) is 0 Å². The Morgan fingerprint density at radius 3 is 2.40 bits per heavy atom. The van der Waals surface area contributed by atoms with Gasteiger partial charge in [-0.05, 0) is 51.7 Å². The van der Waals surface area contributed by atoms with Gasteiger partial charge >= 0.3 is 0 Å². The zero-order valence-corrected chi connectivity index (χ0v) is 18.8. The summed E-state index contributed by atoms with van der Waals surface area (Å²) in [5, 5.41) is 4.91. The number of amides is 1. The van der Waals surface area contributed by atoms with E-state index in [-0.39, 0.29) is 5.91 Å². The first kappa shape index (κ1) is 21.3. The van der Waals surface area contributed by atoms with Crippen molar-refractivity contribution in [2.45, 2.75) is 45.8 Å². The van der Waals surface area contributed by atoms with E-state index in [0.717, 1.165) is 51.3 Å². The number of carbonyl (C=O) groups is 1. The SMILES string of the molecule is Cc1nn(-c2ccccc2)c(Cl)c1C(=O)N1CCC(CN2CC(C)OC(C)C2)CC1. The fourth-order valence-corrected chi connectivity index (χ4v) is 5.11. The fraction of sp³-hybridized carbons (Fsp3) is 0.565. The largest absolute Gasteiger partial charge is 0.373 e. The zero-order chi connectivity index (χ0) is 21.3. The number of ether oxygens (including phenoxy) is 1. The second kappa shape index (κ2) is 9.08. The lowest BCUT2D eigenvalue weighted by molar-refractivity contribution is -0.0728. The van der Waals surface area contributed by atoms with Crippen molar-refractivity contribution in [3.8, 4) is 5.69 Å². The number of halogens is 1. The van der Waals surface area contributed by atoms with Crippen LogP contribution in [0.5, 0.6) is 0 Å². The monoisotopic (exact) mass is 430 g/mol. The molecule has 0 N–H and O–H groups in total. The molecule has 0 aliphatic carbocycles. The maximum absolute atomic E-state index is 13.2. The number of aromatic nitrogens is 2. The van der Waals surface area contributed by atoms with Gasteiger partial charge in [-0.3, -0.25) is 9.69 Å². The van der Waals surface area contributed by atoms with Crippen LogP contribution in [0.15, 0.2) is 30.3 Å². The summed E-state index contributed by atoms with van der Waals surface area (Å²) in [6.07, 6.45) is 2.63. The number of piperidine rings is 1. The Kier molecular flexibility index (Phi) is 6.46. The number of morpholine rings is 1. The molecular formula is C23H31ClN4O2. The Hall–Kier alpha value is -1.89. The Labute approximate surface area is 183 Å². The lowest BCUT2D eigenvalue weighted by atomic mass is 9.95. The molecule has 2 aliphatic heterocycles. The Morgan fingerprint density at radius 2 is 1.77 bits per heavy atom. The van der Waals surface area contributed by atoms with Gasteiger partial charge in [0.2, 0.25) is 0 Å². The van der Waals surface area contributed by atoms with Crippen molar-refractivity contribution in [2.75, 3.05) is 32.7 Å². The first-order valence-electron chi connectivity index (χ1n) is 10.9. The van der Waals surface area contributed by atoms with Crippen LogP contribution in [0.3, 0.4) is 0 Å². The zero-order valence-electron chi connectivity index (χ0n) is 18.1. The third-order valence-electron chi connectivity index (χ3n) is 6.13. The molecule has 0 bridgehead atoms.